The lowest BCUT2D eigenvalue weighted by molar-refractivity contribution is 1.00. The van der Waals surface area contributed by atoms with E-state index in [-0.39, 0.29) is 0 Å². The minimum Gasteiger partial charge on any atom is -0.330 e. The van der Waals surface area contributed by atoms with Crippen LogP contribution in [-0.2, 0) is 0 Å². The molecule has 0 unspecified atom stereocenters. The summed E-state index contributed by atoms with van der Waals surface area (Å²) in [6.45, 7) is 2.86. The fourth-order valence-electron chi connectivity index (χ4n) is 1.39. The molecule has 0 aliphatic rings. The monoisotopic (exact) mass is 209 g/mol. The summed E-state index contributed by atoms with van der Waals surface area (Å²) in [5.74, 6) is 0. The largest absolute Gasteiger partial charge is 0.330 e. The maximum absolute atomic E-state index is 5.82. The van der Waals surface area contributed by atoms with E-state index in [1.807, 2.05) is 24.3 Å². The van der Waals surface area contributed by atoms with E-state index in [0.29, 0.717) is 6.54 Å². The smallest absolute Gasteiger partial charge is 0.0406 e. The summed E-state index contributed by atoms with van der Waals surface area (Å²) in [4.78, 5) is 0. The van der Waals surface area contributed by atoms with Crippen LogP contribution < -0.4 is 5.73 Å². The molecule has 0 aromatic heterocycles. The quantitative estimate of drug-likeness (QED) is 0.808. The lowest BCUT2D eigenvalue weighted by Gasteiger charge is -2.04. The molecule has 0 radical (unpaired) electrons. The van der Waals surface area contributed by atoms with Crippen LogP contribution >= 0.6 is 11.6 Å². The molecule has 14 heavy (non-hydrogen) atoms. The SMILES string of the molecule is CCC(=CCCN)c1ccc(Cl)cc1. The molecule has 1 aromatic carbocycles. The second kappa shape index (κ2) is 5.84. The molecular formula is C12H16ClN. The lowest BCUT2D eigenvalue weighted by Crippen LogP contribution is -1.96. The molecule has 0 atom stereocenters. The Kier molecular flexibility index (Phi) is 4.71. The standard InChI is InChI=1S/C12H16ClN/c1-2-10(4-3-9-14)11-5-7-12(13)8-6-11/h4-8H,2-3,9,14H2,1H3. The summed E-state index contributed by atoms with van der Waals surface area (Å²) < 4.78 is 0. The molecule has 0 amide bonds. The fraction of sp³-hybridized carbons (Fsp3) is 0.333. The van der Waals surface area contributed by atoms with Crippen LogP contribution in [0.1, 0.15) is 25.3 Å². The fourth-order valence-corrected chi connectivity index (χ4v) is 1.51. The zero-order chi connectivity index (χ0) is 10.4. The predicted molar refractivity (Wildman–Crippen MR) is 63.4 cm³/mol. The van der Waals surface area contributed by atoms with E-state index < -0.39 is 0 Å². The first-order valence-corrected chi connectivity index (χ1v) is 5.30. The summed E-state index contributed by atoms with van der Waals surface area (Å²) in [6.07, 6.45) is 4.16. The van der Waals surface area contributed by atoms with Gasteiger partial charge in [-0.15, -0.1) is 0 Å². The number of benzene rings is 1. The summed E-state index contributed by atoms with van der Waals surface area (Å²) in [6, 6.07) is 7.94. The van der Waals surface area contributed by atoms with Gasteiger partial charge in [-0.3, -0.25) is 0 Å². The number of allylic oxidation sites excluding steroid dienone is 1. The van der Waals surface area contributed by atoms with Crippen LogP contribution in [0.4, 0.5) is 0 Å². The van der Waals surface area contributed by atoms with Crippen LogP contribution in [-0.4, -0.2) is 6.54 Å². The number of hydrogen-bond donors (Lipinski definition) is 1. The predicted octanol–water partition coefficient (Wildman–Crippen LogP) is 3.48. The minimum atomic E-state index is 0.705. The van der Waals surface area contributed by atoms with Crippen molar-refractivity contribution in [3.05, 3.63) is 40.9 Å². The molecule has 0 spiro atoms. The Morgan fingerprint density at radius 2 is 2.00 bits per heavy atom. The highest BCUT2D eigenvalue weighted by Crippen LogP contribution is 2.20. The number of hydrogen-bond acceptors (Lipinski definition) is 1. The number of rotatable bonds is 4. The van der Waals surface area contributed by atoms with Gasteiger partial charge in [-0.1, -0.05) is 36.7 Å². The highest BCUT2D eigenvalue weighted by Gasteiger charge is 1.97. The third-order valence-corrected chi connectivity index (χ3v) is 2.41. The third-order valence-electron chi connectivity index (χ3n) is 2.15. The van der Waals surface area contributed by atoms with Crippen LogP contribution in [0.3, 0.4) is 0 Å². The normalized spacial score (nSPS) is 11.8. The number of halogens is 1. The van der Waals surface area contributed by atoms with E-state index >= 15 is 0 Å². The molecule has 1 aromatic rings. The minimum absolute atomic E-state index is 0.705. The Balaban J connectivity index is 2.84. The van der Waals surface area contributed by atoms with Gasteiger partial charge < -0.3 is 5.73 Å². The van der Waals surface area contributed by atoms with Crippen LogP contribution in [0.2, 0.25) is 5.02 Å². The molecule has 0 aliphatic heterocycles. The second-order valence-electron chi connectivity index (χ2n) is 3.17. The Morgan fingerprint density at radius 1 is 1.36 bits per heavy atom. The molecule has 1 rings (SSSR count). The van der Waals surface area contributed by atoms with Crippen molar-refractivity contribution in [3.63, 3.8) is 0 Å². The van der Waals surface area contributed by atoms with Crippen LogP contribution in [0.5, 0.6) is 0 Å². The van der Waals surface area contributed by atoms with Crippen LogP contribution in [0, 0.1) is 0 Å². The van der Waals surface area contributed by atoms with E-state index in [0.717, 1.165) is 17.9 Å². The molecule has 0 saturated heterocycles. The van der Waals surface area contributed by atoms with Gasteiger partial charge in [-0.05, 0) is 42.7 Å². The van der Waals surface area contributed by atoms with Gasteiger partial charge in [0.2, 0.25) is 0 Å². The highest BCUT2D eigenvalue weighted by molar-refractivity contribution is 6.30. The summed E-state index contributed by atoms with van der Waals surface area (Å²) in [5, 5.41) is 0.781. The Hall–Kier alpha value is -0.790. The van der Waals surface area contributed by atoms with Crippen LogP contribution in [0.25, 0.3) is 5.57 Å². The van der Waals surface area contributed by atoms with E-state index in [2.05, 4.69) is 13.0 Å². The Labute approximate surface area is 90.6 Å². The summed E-state index contributed by atoms with van der Waals surface area (Å²) in [5.41, 5.74) is 8.05. The first-order valence-electron chi connectivity index (χ1n) is 4.93. The van der Waals surface area contributed by atoms with Crippen molar-refractivity contribution in [2.75, 3.05) is 6.54 Å². The molecule has 1 nitrogen and oxygen atoms in total. The van der Waals surface area contributed by atoms with Crippen LogP contribution in [0.15, 0.2) is 30.3 Å². The molecule has 0 aliphatic carbocycles. The van der Waals surface area contributed by atoms with Gasteiger partial charge in [0, 0.05) is 5.02 Å². The maximum atomic E-state index is 5.82. The van der Waals surface area contributed by atoms with E-state index in [1.165, 1.54) is 11.1 Å². The van der Waals surface area contributed by atoms with Crippen molar-refractivity contribution in [2.45, 2.75) is 19.8 Å². The Morgan fingerprint density at radius 3 is 2.50 bits per heavy atom. The number of nitrogens with two attached hydrogens (primary N) is 1. The molecule has 0 heterocycles. The third kappa shape index (κ3) is 3.17. The zero-order valence-electron chi connectivity index (χ0n) is 8.46. The zero-order valence-corrected chi connectivity index (χ0v) is 9.22. The summed E-state index contributed by atoms with van der Waals surface area (Å²) >= 11 is 5.82. The maximum Gasteiger partial charge on any atom is 0.0406 e. The summed E-state index contributed by atoms with van der Waals surface area (Å²) in [7, 11) is 0. The lowest BCUT2D eigenvalue weighted by atomic mass is 10.0. The van der Waals surface area contributed by atoms with Gasteiger partial charge in [-0.2, -0.15) is 0 Å². The van der Waals surface area contributed by atoms with E-state index in [9.17, 15) is 0 Å². The van der Waals surface area contributed by atoms with Crippen molar-refractivity contribution in [1.29, 1.82) is 0 Å². The van der Waals surface area contributed by atoms with Gasteiger partial charge >= 0.3 is 0 Å². The molecule has 0 fully saturated rings. The average molecular weight is 210 g/mol. The van der Waals surface area contributed by atoms with E-state index in [4.69, 9.17) is 17.3 Å². The van der Waals surface area contributed by atoms with Gasteiger partial charge in [0.15, 0.2) is 0 Å². The van der Waals surface area contributed by atoms with Gasteiger partial charge in [0.05, 0.1) is 0 Å². The molecule has 0 bridgehead atoms. The molecule has 2 heteroatoms. The first kappa shape index (κ1) is 11.3. The van der Waals surface area contributed by atoms with Gasteiger partial charge in [0.1, 0.15) is 0 Å². The molecule has 2 N–H and O–H groups in total. The van der Waals surface area contributed by atoms with Crippen molar-refractivity contribution in [3.8, 4) is 0 Å². The topological polar surface area (TPSA) is 26.0 Å². The average Bonchev–Trinajstić information content (AvgIpc) is 2.21. The van der Waals surface area contributed by atoms with E-state index in [1.54, 1.807) is 0 Å². The highest BCUT2D eigenvalue weighted by atomic mass is 35.5. The second-order valence-corrected chi connectivity index (χ2v) is 3.60. The molecule has 76 valence electrons. The van der Waals surface area contributed by atoms with Crippen molar-refractivity contribution in [2.24, 2.45) is 5.73 Å². The molecular weight excluding hydrogens is 194 g/mol. The molecule has 0 saturated carbocycles. The Bertz CT molecular complexity index is 301. The van der Waals surface area contributed by atoms with Crippen molar-refractivity contribution < 1.29 is 0 Å². The van der Waals surface area contributed by atoms with Crippen molar-refractivity contribution in [1.82, 2.24) is 0 Å². The van der Waals surface area contributed by atoms with Gasteiger partial charge in [0.25, 0.3) is 0 Å². The van der Waals surface area contributed by atoms with Crippen molar-refractivity contribution >= 4 is 17.2 Å². The first-order chi connectivity index (χ1) is 6.77. The van der Waals surface area contributed by atoms with Gasteiger partial charge in [-0.25, -0.2) is 0 Å².